The quantitative estimate of drug-likeness (QED) is 0.316. The van der Waals surface area contributed by atoms with Crippen molar-refractivity contribution in [2.75, 3.05) is 14.2 Å². The van der Waals surface area contributed by atoms with Gasteiger partial charge >= 0.3 is 22.1 Å². The van der Waals surface area contributed by atoms with Gasteiger partial charge in [0.2, 0.25) is 0 Å². The maximum Gasteiger partial charge on any atom is 0.339 e. The Morgan fingerprint density at radius 3 is 1.84 bits per heavy atom. The molecule has 32 heavy (non-hydrogen) atoms. The number of fused-ring (bicyclic) bond motifs is 1. The second-order valence-electron chi connectivity index (χ2n) is 6.35. The van der Waals surface area contributed by atoms with E-state index in [4.69, 9.17) is 4.18 Å². The maximum absolute atomic E-state index is 13.0. The zero-order valence-corrected chi connectivity index (χ0v) is 18.3. The fraction of sp³-hybridized carbons (Fsp3) is 0.100. The van der Waals surface area contributed by atoms with Crippen molar-refractivity contribution in [2.24, 2.45) is 0 Å². The summed E-state index contributed by atoms with van der Waals surface area (Å²) in [5.74, 6) is -2.21. The average Bonchev–Trinajstić information content (AvgIpc) is 2.76. The van der Waals surface area contributed by atoms with Crippen LogP contribution >= 0.6 is 0 Å². The summed E-state index contributed by atoms with van der Waals surface area (Å²) in [5.41, 5.74) is -0.511. The molecule has 0 saturated carbocycles. The Bertz CT molecular complexity index is 1400. The van der Waals surface area contributed by atoms with Gasteiger partial charge in [0.1, 0.15) is 9.79 Å². The summed E-state index contributed by atoms with van der Waals surface area (Å²) in [6.07, 6.45) is 0. The molecule has 3 aromatic carbocycles. The standard InChI is InChI=1S/C20H16O10S2/c1-28-19(21)13-9-14(20(22)29-2)11-15(10-13)32(26,27)30-16-7-3-5-12-6-4-8-17(18(12)16)31(23,24)25/h3-11H,1-2H3,(H,23,24,25). The molecule has 168 valence electrons. The molecule has 1 N–H and O–H groups in total. The van der Waals surface area contributed by atoms with Gasteiger partial charge in [-0.25, -0.2) is 9.59 Å². The zero-order chi connectivity index (χ0) is 23.7. The Hall–Kier alpha value is -3.48. The topological polar surface area (TPSA) is 150 Å². The first-order valence-electron chi connectivity index (χ1n) is 8.73. The highest BCUT2D eigenvalue weighted by atomic mass is 32.2. The molecule has 0 aliphatic rings. The van der Waals surface area contributed by atoms with Crippen molar-refractivity contribution < 1.29 is 44.6 Å². The Kier molecular flexibility index (Phi) is 6.21. The SMILES string of the molecule is COC(=O)c1cc(C(=O)OC)cc(S(=O)(=O)Oc2cccc3cccc(S(=O)(=O)O)c23)c1. The first kappa shape index (κ1) is 23.2. The lowest BCUT2D eigenvalue weighted by Crippen LogP contribution is -2.14. The molecule has 0 heterocycles. The van der Waals surface area contributed by atoms with Crippen molar-refractivity contribution in [1.82, 2.24) is 0 Å². The molecule has 3 aromatic rings. The molecular formula is C20H16O10S2. The molecular weight excluding hydrogens is 464 g/mol. The predicted octanol–water partition coefficient (Wildman–Crippen LogP) is 2.43. The maximum atomic E-state index is 13.0. The van der Waals surface area contributed by atoms with Crippen molar-refractivity contribution in [2.45, 2.75) is 9.79 Å². The van der Waals surface area contributed by atoms with E-state index in [1.807, 2.05) is 0 Å². The third kappa shape index (κ3) is 4.56. The minimum atomic E-state index is -4.71. The number of rotatable bonds is 6. The Labute approximate surface area is 183 Å². The third-order valence-electron chi connectivity index (χ3n) is 4.34. The molecule has 0 bridgehead atoms. The molecule has 0 aromatic heterocycles. The van der Waals surface area contributed by atoms with E-state index in [1.165, 1.54) is 30.3 Å². The van der Waals surface area contributed by atoms with Gasteiger partial charge in [0.05, 0.1) is 25.3 Å². The Morgan fingerprint density at radius 1 is 0.812 bits per heavy atom. The minimum Gasteiger partial charge on any atom is -0.465 e. The number of esters is 2. The monoisotopic (exact) mass is 480 g/mol. The molecule has 3 rings (SSSR count). The molecule has 0 amide bonds. The fourth-order valence-electron chi connectivity index (χ4n) is 2.94. The average molecular weight is 480 g/mol. The lowest BCUT2D eigenvalue weighted by atomic mass is 10.1. The number of hydrogen-bond acceptors (Lipinski definition) is 9. The van der Waals surface area contributed by atoms with E-state index in [0.717, 1.165) is 38.5 Å². The van der Waals surface area contributed by atoms with Gasteiger partial charge in [-0.3, -0.25) is 4.55 Å². The van der Waals surface area contributed by atoms with Gasteiger partial charge in [0.25, 0.3) is 10.1 Å². The smallest absolute Gasteiger partial charge is 0.339 e. The lowest BCUT2D eigenvalue weighted by Gasteiger charge is -2.13. The number of ether oxygens (including phenoxy) is 2. The molecule has 0 atom stereocenters. The van der Waals surface area contributed by atoms with E-state index in [9.17, 15) is 31.0 Å². The molecule has 12 heteroatoms. The summed E-state index contributed by atoms with van der Waals surface area (Å²) < 4.78 is 73.4. The summed E-state index contributed by atoms with van der Waals surface area (Å²) in [4.78, 5) is 22.7. The van der Waals surface area contributed by atoms with Crippen molar-refractivity contribution in [3.05, 3.63) is 65.7 Å². The minimum absolute atomic E-state index is 0.168. The molecule has 0 saturated heterocycles. The van der Waals surface area contributed by atoms with Crippen LogP contribution in [0.25, 0.3) is 10.8 Å². The van der Waals surface area contributed by atoms with E-state index in [2.05, 4.69) is 9.47 Å². The van der Waals surface area contributed by atoms with Crippen LogP contribution in [0, 0.1) is 0 Å². The summed E-state index contributed by atoms with van der Waals surface area (Å²) in [6.45, 7) is 0. The Balaban J connectivity index is 2.20. The lowest BCUT2D eigenvalue weighted by molar-refractivity contribution is 0.0598. The second kappa shape index (κ2) is 8.57. The number of benzene rings is 3. The van der Waals surface area contributed by atoms with Gasteiger partial charge < -0.3 is 13.7 Å². The van der Waals surface area contributed by atoms with Gasteiger partial charge in [-0.05, 0) is 35.7 Å². The summed E-state index contributed by atoms with van der Waals surface area (Å²) in [7, 11) is -7.25. The van der Waals surface area contributed by atoms with E-state index in [-0.39, 0.29) is 27.6 Å². The highest BCUT2D eigenvalue weighted by Gasteiger charge is 2.25. The van der Waals surface area contributed by atoms with Gasteiger partial charge in [-0.2, -0.15) is 16.8 Å². The number of carbonyl (C=O) groups is 2. The van der Waals surface area contributed by atoms with Gasteiger partial charge in [-0.1, -0.05) is 24.3 Å². The van der Waals surface area contributed by atoms with E-state index in [1.54, 1.807) is 0 Å². The predicted molar refractivity (Wildman–Crippen MR) is 111 cm³/mol. The molecule has 0 radical (unpaired) electrons. The third-order valence-corrected chi connectivity index (χ3v) is 6.45. The molecule has 0 fully saturated rings. The second-order valence-corrected chi connectivity index (χ2v) is 9.29. The van der Waals surface area contributed by atoms with Gasteiger partial charge in [-0.15, -0.1) is 0 Å². The van der Waals surface area contributed by atoms with Gasteiger partial charge in [0.15, 0.2) is 5.75 Å². The van der Waals surface area contributed by atoms with Crippen molar-refractivity contribution >= 4 is 42.9 Å². The summed E-state index contributed by atoms with van der Waals surface area (Å²) >= 11 is 0. The number of carbonyl (C=O) groups excluding carboxylic acids is 2. The van der Waals surface area contributed by atoms with Crippen LogP contribution < -0.4 is 4.18 Å². The molecule has 0 aliphatic heterocycles. The Morgan fingerprint density at radius 2 is 1.34 bits per heavy atom. The first-order chi connectivity index (χ1) is 15.0. The van der Waals surface area contributed by atoms with Crippen molar-refractivity contribution in [1.29, 1.82) is 0 Å². The molecule has 0 aliphatic carbocycles. The van der Waals surface area contributed by atoms with Crippen molar-refractivity contribution in [3.8, 4) is 5.75 Å². The highest BCUT2D eigenvalue weighted by molar-refractivity contribution is 7.87. The van der Waals surface area contributed by atoms with Crippen LogP contribution in [-0.4, -0.2) is 47.5 Å². The molecule has 10 nitrogen and oxygen atoms in total. The van der Waals surface area contributed by atoms with Crippen LogP contribution in [0.3, 0.4) is 0 Å². The number of hydrogen-bond donors (Lipinski definition) is 1. The van der Waals surface area contributed by atoms with Crippen LogP contribution in [0.2, 0.25) is 0 Å². The van der Waals surface area contributed by atoms with Crippen LogP contribution in [0.5, 0.6) is 5.75 Å². The van der Waals surface area contributed by atoms with Crippen LogP contribution in [0.15, 0.2) is 64.4 Å². The number of methoxy groups -OCH3 is 2. The first-order valence-corrected chi connectivity index (χ1v) is 11.6. The highest BCUT2D eigenvalue weighted by Crippen LogP contribution is 2.33. The van der Waals surface area contributed by atoms with Crippen molar-refractivity contribution in [3.63, 3.8) is 0 Å². The normalized spacial score (nSPS) is 11.7. The van der Waals surface area contributed by atoms with Crippen LogP contribution in [0.1, 0.15) is 20.7 Å². The zero-order valence-electron chi connectivity index (χ0n) is 16.6. The largest absolute Gasteiger partial charge is 0.465 e. The molecule has 0 spiro atoms. The van der Waals surface area contributed by atoms with E-state index in [0.29, 0.717) is 0 Å². The van der Waals surface area contributed by atoms with Crippen LogP contribution in [-0.2, 0) is 29.7 Å². The van der Waals surface area contributed by atoms with Gasteiger partial charge in [0, 0.05) is 5.39 Å². The van der Waals surface area contributed by atoms with E-state index >= 15 is 0 Å². The van der Waals surface area contributed by atoms with Crippen LogP contribution in [0.4, 0.5) is 0 Å². The van der Waals surface area contributed by atoms with E-state index < -0.39 is 42.0 Å². The summed E-state index contributed by atoms with van der Waals surface area (Å²) in [6, 6.07) is 11.0. The molecule has 0 unspecified atom stereocenters. The summed E-state index contributed by atoms with van der Waals surface area (Å²) in [5, 5.41) is 0.116. The fourth-order valence-corrected chi connectivity index (χ4v) is 4.68.